The van der Waals surface area contributed by atoms with E-state index in [1.54, 1.807) is 6.07 Å². The second kappa shape index (κ2) is 7.24. The molecule has 128 valence electrons. The summed E-state index contributed by atoms with van der Waals surface area (Å²) in [6, 6.07) is 15.3. The van der Waals surface area contributed by atoms with Crippen LogP contribution in [0.4, 0.5) is 0 Å². The fourth-order valence-corrected chi connectivity index (χ4v) is 3.09. The van der Waals surface area contributed by atoms with Crippen LogP contribution in [-0.2, 0) is 6.54 Å². The molecule has 0 aliphatic carbocycles. The highest BCUT2D eigenvalue weighted by molar-refractivity contribution is 5.35. The third-order valence-corrected chi connectivity index (χ3v) is 4.67. The van der Waals surface area contributed by atoms with E-state index in [0.717, 1.165) is 30.0 Å². The van der Waals surface area contributed by atoms with Crippen LogP contribution < -0.4 is 4.74 Å². The monoisotopic (exact) mass is 327 g/mol. The maximum Gasteiger partial charge on any atom is 0.120 e. The van der Waals surface area contributed by atoms with E-state index in [1.807, 2.05) is 49.4 Å². The minimum absolute atomic E-state index is 0.320. The van der Waals surface area contributed by atoms with E-state index in [0.29, 0.717) is 31.7 Å². The van der Waals surface area contributed by atoms with Gasteiger partial charge >= 0.3 is 0 Å². The number of benzene rings is 2. The Morgan fingerprint density at radius 2 is 1.79 bits per heavy atom. The molecule has 2 aromatic rings. The van der Waals surface area contributed by atoms with Gasteiger partial charge in [-0.05, 0) is 38.0 Å². The van der Waals surface area contributed by atoms with E-state index >= 15 is 0 Å². The van der Waals surface area contributed by atoms with Gasteiger partial charge < -0.3 is 14.9 Å². The number of phenolic OH excluding ortho intramolecular Hbond substituents is 1. The summed E-state index contributed by atoms with van der Waals surface area (Å²) < 4.78 is 5.73. The number of rotatable bonds is 5. The van der Waals surface area contributed by atoms with Crippen LogP contribution in [-0.4, -0.2) is 40.4 Å². The predicted octanol–water partition coefficient (Wildman–Crippen LogP) is 3.11. The van der Waals surface area contributed by atoms with Crippen molar-refractivity contribution >= 4 is 0 Å². The third-order valence-electron chi connectivity index (χ3n) is 4.67. The molecule has 2 aromatic carbocycles. The Kier molecular flexibility index (Phi) is 5.07. The molecule has 0 amide bonds. The average Bonchev–Trinajstić information content (AvgIpc) is 2.60. The molecule has 0 spiro atoms. The van der Waals surface area contributed by atoms with Gasteiger partial charge in [0.05, 0.1) is 0 Å². The quantitative estimate of drug-likeness (QED) is 0.886. The fourth-order valence-electron chi connectivity index (χ4n) is 3.09. The van der Waals surface area contributed by atoms with Crippen molar-refractivity contribution in [3.63, 3.8) is 0 Å². The summed E-state index contributed by atoms with van der Waals surface area (Å²) in [7, 11) is 0. The van der Waals surface area contributed by atoms with Gasteiger partial charge in [0.25, 0.3) is 0 Å². The third kappa shape index (κ3) is 4.28. The highest BCUT2D eigenvalue weighted by Crippen LogP contribution is 2.27. The van der Waals surface area contributed by atoms with Crippen LogP contribution in [0.5, 0.6) is 11.5 Å². The number of ether oxygens (including phenoxy) is 1. The first-order valence-electron chi connectivity index (χ1n) is 8.45. The maximum atomic E-state index is 10.7. The first-order chi connectivity index (χ1) is 11.5. The van der Waals surface area contributed by atoms with Gasteiger partial charge in [0.2, 0.25) is 0 Å². The topological polar surface area (TPSA) is 52.9 Å². The van der Waals surface area contributed by atoms with Crippen molar-refractivity contribution < 1.29 is 14.9 Å². The van der Waals surface area contributed by atoms with Gasteiger partial charge in [0.15, 0.2) is 0 Å². The highest BCUT2D eigenvalue weighted by Gasteiger charge is 2.33. The summed E-state index contributed by atoms with van der Waals surface area (Å²) in [4.78, 5) is 2.27. The summed E-state index contributed by atoms with van der Waals surface area (Å²) in [5.74, 6) is 1.13. The molecule has 0 saturated carbocycles. The molecule has 3 rings (SSSR count). The lowest BCUT2D eigenvalue weighted by Crippen LogP contribution is -2.47. The maximum absolute atomic E-state index is 10.7. The lowest BCUT2D eigenvalue weighted by atomic mass is 9.92. The number of aryl methyl sites for hydroxylation is 1. The number of aromatic hydroxyl groups is 1. The van der Waals surface area contributed by atoms with Crippen LogP contribution in [0.2, 0.25) is 0 Å². The van der Waals surface area contributed by atoms with Gasteiger partial charge in [-0.3, -0.25) is 4.90 Å². The molecule has 4 nitrogen and oxygen atoms in total. The molecule has 4 heteroatoms. The fraction of sp³-hybridized carbons (Fsp3) is 0.400. The summed E-state index contributed by atoms with van der Waals surface area (Å²) in [6.45, 7) is 4.65. The van der Waals surface area contributed by atoms with Crippen molar-refractivity contribution in [2.24, 2.45) is 0 Å². The number of piperidine rings is 1. The molecule has 1 saturated heterocycles. The summed E-state index contributed by atoms with van der Waals surface area (Å²) in [6.07, 6.45) is 1.35. The van der Waals surface area contributed by atoms with Crippen molar-refractivity contribution in [3.05, 3.63) is 59.7 Å². The standard InChI is InChI=1S/C20H25NO3/c1-16-7-8-19(22)17(13-16)14-21-11-9-20(23,10-12-21)15-24-18-5-3-2-4-6-18/h2-8,13,22-23H,9-12,14-15H2,1H3. The average molecular weight is 327 g/mol. The van der Waals surface area contributed by atoms with E-state index in [-0.39, 0.29) is 0 Å². The number of nitrogens with zero attached hydrogens (tertiary/aromatic N) is 1. The Labute approximate surface area is 143 Å². The van der Waals surface area contributed by atoms with Gasteiger partial charge in [0, 0.05) is 25.2 Å². The van der Waals surface area contributed by atoms with Crippen LogP contribution in [0.3, 0.4) is 0 Å². The van der Waals surface area contributed by atoms with Crippen LogP contribution in [0.1, 0.15) is 24.0 Å². The summed E-state index contributed by atoms with van der Waals surface area (Å²) in [5.41, 5.74) is 1.31. The number of aliphatic hydroxyl groups is 1. The van der Waals surface area contributed by atoms with Crippen LogP contribution in [0.25, 0.3) is 0 Å². The Morgan fingerprint density at radius 1 is 1.08 bits per heavy atom. The molecule has 0 bridgehead atoms. The molecule has 0 radical (unpaired) electrons. The molecule has 0 unspecified atom stereocenters. The lowest BCUT2D eigenvalue weighted by molar-refractivity contribution is -0.0537. The minimum Gasteiger partial charge on any atom is -0.508 e. The number of para-hydroxylation sites is 1. The smallest absolute Gasteiger partial charge is 0.120 e. The molecule has 1 fully saturated rings. The van der Waals surface area contributed by atoms with Gasteiger partial charge in [0.1, 0.15) is 23.7 Å². The second-order valence-electron chi connectivity index (χ2n) is 6.73. The second-order valence-corrected chi connectivity index (χ2v) is 6.73. The van der Waals surface area contributed by atoms with Crippen molar-refractivity contribution in [2.45, 2.75) is 31.9 Å². The summed E-state index contributed by atoms with van der Waals surface area (Å²) in [5, 5.41) is 20.7. The lowest BCUT2D eigenvalue weighted by Gasteiger charge is -2.38. The molecule has 1 aliphatic rings. The van der Waals surface area contributed by atoms with E-state index in [4.69, 9.17) is 4.74 Å². The molecule has 0 aromatic heterocycles. The van der Waals surface area contributed by atoms with Gasteiger partial charge in [-0.25, -0.2) is 0 Å². The highest BCUT2D eigenvalue weighted by atomic mass is 16.5. The number of phenols is 1. The molecular weight excluding hydrogens is 302 g/mol. The SMILES string of the molecule is Cc1ccc(O)c(CN2CCC(O)(COc3ccccc3)CC2)c1. The van der Waals surface area contributed by atoms with Crippen molar-refractivity contribution in [2.75, 3.05) is 19.7 Å². The summed E-state index contributed by atoms with van der Waals surface area (Å²) >= 11 is 0. The van der Waals surface area contributed by atoms with Crippen molar-refractivity contribution in [3.8, 4) is 11.5 Å². The molecule has 1 aliphatic heterocycles. The zero-order valence-electron chi connectivity index (χ0n) is 14.1. The Morgan fingerprint density at radius 3 is 2.50 bits per heavy atom. The largest absolute Gasteiger partial charge is 0.508 e. The molecular formula is C20H25NO3. The molecule has 2 N–H and O–H groups in total. The molecule has 0 atom stereocenters. The molecule has 1 heterocycles. The van der Waals surface area contributed by atoms with E-state index < -0.39 is 5.60 Å². The zero-order chi connectivity index (χ0) is 17.0. The van der Waals surface area contributed by atoms with Crippen LogP contribution in [0, 0.1) is 6.92 Å². The van der Waals surface area contributed by atoms with Gasteiger partial charge in [-0.2, -0.15) is 0 Å². The number of likely N-dealkylation sites (tertiary alicyclic amines) is 1. The Hall–Kier alpha value is -2.04. The van der Waals surface area contributed by atoms with Crippen LogP contribution in [0.15, 0.2) is 48.5 Å². The van der Waals surface area contributed by atoms with E-state index in [2.05, 4.69) is 4.90 Å². The first-order valence-corrected chi connectivity index (χ1v) is 8.45. The van der Waals surface area contributed by atoms with Crippen LogP contribution >= 0.6 is 0 Å². The minimum atomic E-state index is -0.777. The van der Waals surface area contributed by atoms with E-state index in [1.165, 1.54) is 0 Å². The Bertz CT molecular complexity index is 664. The Balaban J connectivity index is 1.52. The normalized spacial score (nSPS) is 17.6. The van der Waals surface area contributed by atoms with Crippen molar-refractivity contribution in [1.29, 1.82) is 0 Å². The first kappa shape index (κ1) is 16.8. The van der Waals surface area contributed by atoms with E-state index in [9.17, 15) is 10.2 Å². The predicted molar refractivity (Wildman–Crippen MR) is 94.2 cm³/mol. The number of hydrogen-bond acceptors (Lipinski definition) is 4. The van der Waals surface area contributed by atoms with Gasteiger partial charge in [-0.1, -0.05) is 35.9 Å². The van der Waals surface area contributed by atoms with Gasteiger partial charge in [-0.15, -0.1) is 0 Å². The molecule has 24 heavy (non-hydrogen) atoms. The number of hydrogen-bond donors (Lipinski definition) is 2. The zero-order valence-corrected chi connectivity index (χ0v) is 14.1. The van der Waals surface area contributed by atoms with Crippen molar-refractivity contribution in [1.82, 2.24) is 4.90 Å².